The molecule has 0 spiro atoms. The number of hydrogen-bond donors (Lipinski definition) is 1. The molecule has 7 heteroatoms. The van der Waals surface area contributed by atoms with Crippen molar-refractivity contribution in [2.45, 2.75) is 38.6 Å². The number of aryl methyl sites for hydroxylation is 1. The van der Waals surface area contributed by atoms with E-state index >= 15 is 0 Å². The highest BCUT2D eigenvalue weighted by Crippen LogP contribution is 2.37. The van der Waals surface area contributed by atoms with Gasteiger partial charge in [0.25, 0.3) is 0 Å². The van der Waals surface area contributed by atoms with Crippen LogP contribution in [0.5, 0.6) is 5.75 Å². The molecule has 1 saturated carbocycles. The van der Waals surface area contributed by atoms with Crippen LogP contribution in [0.15, 0.2) is 27.4 Å². The van der Waals surface area contributed by atoms with Crippen molar-refractivity contribution in [1.82, 2.24) is 4.90 Å². The number of rotatable bonds is 4. The average molecular weight is 407 g/mol. The third kappa shape index (κ3) is 3.63. The monoisotopic (exact) mass is 406 g/mol. The van der Waals surface area contributed by atoms with Crippen molar-refractivity contribution in [2.75, 3.05) is 20.2 Å². The number of ether oxygens (including phenoxy) is 1. The van der Waals surface area contributed by atoms with Gasteiger partial charge in [0.2, 0.25) is 5.91 Å². The molecule has 1 aromatic heterocycles. The maximum absolute atomic E-state index is 12.7. The average Bonchev–Trinajstić information content (AvgIpc) is 3.23. The Balaban J connectivity index is 0.00000225. The summed E-state index contributed by atoms with van der Waals surface area (Å²) in [5, 5.41) is 0.875. The normalized spacial score (nSPS) is 23.5. The highest BCUT2D eigenvalue weighted by molar-refractivity contribution is 5.85. The van der Waals surface area contributed by atoms with Crippen molar-refractivity contribution >= 4 is 29.3 Å². The van der Waals surface area contributed by atoms with E-state index in [2.05, 4.69) is 0 Å². The van der Waals surface area contributed by atoms with E-state index < -0.39 is 0 Å². The predicted molar refractivity (Wildman–Crippen MR) is 110 cm³/mol. The van der Waals surface area contributed by atoms with E-state index in [1.54, 1.807) is 13.2 Å². The molecule has 0 bridgehead atoms. The summed E-state index contributed by atoms with van der Waals surface area (Å²) in [7, 11) is 1.57. The molecule has 2 fully saturated rings. The van der Waals surface area contributed by atoms with Gasteiger partial charge < -0.3 is 19.8 Å². The molecule has 152 valence electrons. The Morgan fingerprint density at radius 3 is 2.82 bits per heavy atom. The van der Waals surface area contributed by atoms with Crippen LogP contribution >= 0.6 is 12.4 Å². The molecule has 3 atom stereocenters. The first kappa shape index (κ1) is 20.7. The summed E-state index contributed by atoms with van der Waals surface area (Å²) in [6.07, 6.45) is 2.90. The molecule has 2 aliphatic rings. The molecule has 0 radical (unpaired) electrons. The fraction of sp³-hybridized carbons (Fsp3) is 0.524. The molecular formula is C21H27ClN2O4. The molecule has 6 nitrogen and oxygen atoms in total. The van der Waals surface area contributed by atoms with Crippen LogP contribution in [-0.2, 0) is 11.2 Å². The lowest BCUT2D eigenvalue weighted by Crippen LogP contribution is -2.33. The molecule has 3 unspecified atom stereocenters. The number of carbonyl (C=O) groups excluding carboxylic acids is 1. The van der Waals surface area contributed by atoms with Crippen LogP contribution in [0.2, 0.25) is 0 Å². The first-order valence-electron chi connectivity index (χ1n) is 9.61. The molecule has 2 aromatic rings. The number of likely N-dealkylation sites (tertiary alicyclic amines) is 1. The fourth-order valence-corrected chi connectivity index (χ4v) is 4.69. The Morgan fingerprint density at radius 1 is 1.32 bits per heavy atom. The van der Waals surface area contributed by atoms with Crippen LogP contribution < -0.4 is 16.1 Å². The Kier molecular flexibility index (Phi) is 6.01. The number of nitrogens with two attached hydrogens (primary N) is 1. The van der Waals surface area contributed by atoms with E-state index in [-0.39, 0.29) is 30.0 Å². The largest absolute Gasteiger partial charge is 0.497 e. The van der Waals surface area contributed by atoms with Crippen molar-refractivity contribution in [3.05, 3.63) is 39.7 Å². The number of hydrogen-bond acceptors (Lipinski definition) is 5. The van der Waals surface area contributed by atoms with E-state index in [0.717, 1.165) is 36.9 Å². The molecule has 1 amide bonds. The summed E-state index contributed by atoms with van der Waals surface area (Å²) in [5.41, 5.74) is 7.75. The molecule has 28 heavy (non-hydrogen) atoms. The number of benzene rings is 1. The molecule has 4 rings (SSSR count). The maximum atomic E-state index is 12.7. The minimum absolute atomic E-state index is 0. The van der Waals surface area contributed by atoms with Gasteiger partial charge in [0.15, 0.2) is 0 Å². The third-order valence-corrected chi connectivity index (χ3v) is 6.35. The van der Waals surface area contributed by atoms with Gasteiger partial charge in [-0.25, -0.2) is 4.79 Å². The van der Waals surface area contributed by atoms with Gasteiger partial charge in [-0.2, -0.15) is 0 Å². The summed E-state index contributed by atoms with van der Waals surface area (Å²) < 4.78 is 10.7. The van der Waals surface area contributed by atoms with Gasteiger partial charge in [-0.3, -0.25) is 4.79 Å². The second kappa shape index (κ2) is 8.13. The smallest absolute Gasteiger partial charge is 0.339 e. The molecular weight excluding hydrogens is 380 g/mol. The molecule has 1 aliphatic carbocycles. The van der Waals surface area contributed by atoms with Crippen molar-refractivity contribution in [3.63, 3.8) is 0 Å². The SMILES string of the molecule is COc1ccc2c(C)c(CCC(=O)N3CC4CCC(N)C4C3)c(=O)oc2c1.Cl. The van der Waals surface area contributed by atoms with Crippen molar-refractivity contribution < 1.29 is 13.9 Å². The lowest BCUT2D eigenvalue weighted by molar-refractivity contribution is -0.130. The van der Waals surface area contributed by atoms with Crippen molar-refractivity contribution in [3.8, 4) is 5.75 Å². The molecule has 2 N–H and O–H groups in total. The number of methoxy groups -OCH3 is 1. The zero-order valence-corrected chi connectivity index (χ0v) is 17.1. The number of carbonyl (C=O) groups is 1. The fourth-order valence-electron chi connectivity index (χ4n) is 4.69. The van der Waals surface area contributed by atoms with Gasteiger partial charge in [-0.1, -0.05) is 0 Å². The Hall–Kier alpha value is -2.05. The van der Waals surface area contributed by atoms with E-state index in [1.807, 2.05) is 24.0 Å². The lowest BCUT2D eigenvalue weighted by Gasteiger charge is -2.19. The summed E-state index contributed by atoms with van der Waals surface area (Å²) in [6.45, 7) is 3.48. The van der Waals surface area contributed by atoms with Gasteiger partial charge in [-0.05, 0) is 55.7 Å². The van der Waals surface area contributed by atoms with Gasteiger partial charge in [0.1, 0.15) is 11.3 Å². The molecule has 1 aromatic carbocycles. The van der Waals surface area contributed by atoms with E-state index in [0.29, 0.717) is 41.6 Å². The molecule has 1 aliphatic heterocycles. The minimum Gasteiger partial charge on any atom is -0.497 e. The second-order valence-corrected chi connectivity index (χ2v) is 7.82. The molecule has 1 saturated heterocycles. The summed E-state index contributed by atoms with van der Waals surface area (Å²) >= 11 is 0. The van der Waals surface area contributed by atoms with Crippen LogP contribution in [0, 0.1) is 18.8 Å². The Labute approximate surface area is 170 Å². The van der Waals surface area contributed by atoms with Gasteiger partial charge in [-0.15, -0.1) is 12.4 Å². The maximum Gasteiger partial charge on any atom is 0.339 e. The standard InChI is InChI=1S/C21H26N2O4.ClH/c1-12-15-5-4-14(26-2)9-19(15)27-21(25)16(12)6-8-20(24)23-10-13-3-7-18(22)17(13)11-23;/h4-5,9,13,17-18H,3,6-8,10-11,22H2,1-2H3;1H. The van der Waals surface area contributed by atoms with E-state index in [4.69, 9.17) is 14.9 Å². The Morgan fingerprint density at radius 2 is 2.11 bits per heavy atom. The van der Waals surface area contributed by atoms with Crippen molar-refractivity contribution in [1.29, 1.82) is 0 Å². The first-order valence-corrected chi connectivity index (χ1v) is 9.61. The predicted octanol–water partition coefficient (Wildman–Crippen LogP) is 2.66. The summed E-state index contributed by atoms with van der Waals surface area (Å²) in [5.74, 6) is 1.74. The second-order valence-electron chi connectivity index (χ2n) is 7.82. The minimum atomic E-state index is -0.374. The van der Waals surface area contributed by atoms with E-state index in [9.17, 15) is 9.59 Å². The van der Waals surface area contributed by atoms with Crippen LogP contribution in [0.25, 0.3) is 11.0 Å². The van der Waals surface area contributed by atoms with Gasteiger partial charge in [0.05, 0.1) is 7.11 Å². The number of nitrogens with zero attached hydrogens (tertiary/aromatic N) is 1. The number of fused-ring (bicyclic) bond motifs is 2. The number of halogens is 1. The van der Waals surface area contributed by atoms with Gasteiger partial charge in [0, 0.05) is 42.6 Å². The van der Waals surface area contributed by atoms with E-state index in [1.165, 1.54) is 0 Å². The topological polar surface area (TPSA) is 85.8 Å². The highest BCUT2D eigenvalue weighted by atomic mass is 35.5. The van der Waals surface area contributed by atoms with Crippen molar-refractivity contribution in [2.24, 2.45) is 17.6 Å². The quantitative estimate of drug-likeness (QED) is 0.789. The highest BCUT2D eigenvalue weighted by Gasteiger charge is 2.42. The van der Waals surface area contributed by atoms with Crippen LogP contribution in [0.4, 0.5) is 0 Å². The third-order valence-electron chi connectivity index (χ3n) is 6.35. The number of amides is 1. The van der Waals surface area contributed by atoms with Gasteiger partial charge >= 0.3 is 5.63 Å². The van der Waals surface area contributed by atoms with Crippen LogP contribution in [0.1, 0.15) is 30.4 Å². The van der Waals surface area contributed by atoms with Crippen LogP contribution in [0.3, 0.4) is 0 Å². The van der Waals surface area contributed by atoms with Crippen LogP contribution in [-0.4, -0.2) is 37.0 Å². The summed E-state index contributed by atoms with van der Waals surface area (Å²) in [4.78, 5) is 27.0. The summed E-state index contributed by atoms with van der Waals surface area (Å²) in [6, 6.07) is 5.67. The lowest BCUT2D eigenvalue weighted by atomic mass is 9.98. The Bertz CT molecular complexity index is 942. The zero-order valence-electron chi connectivity index (χ0n) is 16.3. The zero-order chi connectivity index (χ0) is 19.1. The molecule has 2 heterocycles. The first-order chi connectivity index (χ1) is 13.0.